The van der Waals surface area contributed by atoms with Crippen molar-refractivity contribution < 1.29 is 39.0 Å². The zero-order chi connectivity index (χ0) is 27.0. The number of primary amides is 1. The maximum atomic E-state index is 12.6. The fourth-order valence-corrected chi connectivity index (χ4v) is 3.37. The molecule has 4 atom stereocenters. The van der Waals surface area contributed by atoms with Crippen molar-refractivity contribution in [2.45, 2.75) is 50.4 Å². The van der Waals surface area contributed by atoms with Crippen LogP contribution in [0.5, 0.6) is 0 Å². The fraction of sp³-hybridized carbons (Fsp3) is 0.364. The summed E-state index contributed by atoms with van der Waals surface area (Å²) in [6, 6.07) is 1.72. The summed E-state index contributed by atoms with van der Waals surface area (Å²) in [5.74, 6) is -6.63. The van der Waals surface area contributed by atoms with E-state index in [1.54, 1.807) is 6.20 Å². The average Bonchev–Trinajstić information content (AvgIpc) is 3.20. The second-order valence-electron chi connectivity index (χ2n) is 8.13. The number of amides is 4. The molecule has 0 radical (unpaired) electrons. The number of hydrogen-bond donors (Lipinski definition) is 8. The Kier molecular flexibility index (Phi) is 9.50. The van der Waals surface area contributed by atoms with Gasteiger partial charge in [0.2, 0.25) is 23.6 Å². The highest BCUT2D eigenvalue weighted by Crippen LogP contribution is 2.18. The maximum absolute atomic E-state index is 12.6. The number of aromatic amines is 1. The van der Waals surface area contributed by atoms with E-state index in [1.165, 1.54) is 6.92 Å². The van der Waals surface area contributed by atoms with Crippen LogP contribution < -0.4 is 27.4 Å². The minimum Gasteiger partial charge on any atom is -0.481 e. The van der Waals surface area contributed by atoms with Crippen LogP contribution in [0, 0.1) is 0 Å². The van der Waals surface area contributed by atoms with Crippen LogP contribution in [0.1, 0.15) is 25.3 Å². The number of rotatable bonds is 13. The number of para-hydroxylation sites is 1. The van der Waals surface area contributed by atoms with Gasteiger partial charge in [0.25, 0.3) is 0 Å². The molecule has 36 heavy (non-hydrogen) atoms. The first-order chi connectivity index (χ1) is 16.9. The first kappa shape index (κ1) is 27.8. The molecule has 0 fully saturated rings. The van der Waals surface area contributed by atoms with Gasteiger partial charge >= 0.3 is 11.9 Å². The van der Waals surface area contributed by atoms with Crippen LogP contribution in [-0.2, 0) is 35.2 Å². The monoisotopic (exact) mass is 504 g/mol. The van der Waals surface area contributed by atoms with Gasteiger partial charge in [-0.15, -0.1) is 0 Å². The predicted octanol–water partition coefficient (Wildman–Crippen LogP) is -2.05. The lowest BCUT2D eigenvalue weighted by atomic mass is 10.0. The standard InChI is InChI=1S/C22H28N6O8/c1-10(19(32)28-16(22(35)36)7-17(24)29)26-21(34)15(8-18(30)31)27-20(33)13(23)6-11-9-25-14-5-3-2-4-12(11)14/h2-5,9-10,13,15-16,25H,6-8,23H2,1H3,(H2,24,29)(H,26,34)(H,27,33)(H,28,32)(H,30,31)(H,35,36). The first-order valence-electron chi connectivity index (χ1n) is 10.8. The number of aromatic nitrogens is 1. The molecule has 1 heterocycles. The molecular formula is C22H28N6O8. The molecule has 14 nitrogen and oxygen atoms in total. The molecule has 1 aromatic heterocycles. The van der Waals surface area contributed by atoms with Crippen LogP contribution in [-0.4, -0.2) is 74.9 Å². The van der Waals surface area contributed by atoms with E-state index in [-0.39, 0.29) is 6.42 Å². The van der Waals surface area contributed by atoms with E-state index in [2.05, 4.69) is 20.9 Å². The van der Waals surface area contributed by atoms with Crippen LogP contribution >= 0.6 is 0 Å². The number of carbonyl (C=O) groups is 6. The molecule has 0 aliphatic rings. The van der Waals surface area contributed by atoms with Crippen LogP contribution in [0.25, 0.3) is 10.9 Å². The topological polar surface area (TPSA) is 247 Å². The van der Waals surface area contributed by atoms with Crippen molar-refractivity contribution in [2.24, 2.45) is 11.5 Å². The molecule has 2 aromatic rings. The summed E-state index contributed by atoms with van der Waals surface area (Å²) < 4.78 is 0. The lowest BCUT2D eigenvalue weighted by Crippen LogP contribution is -2.57. The van der Waals surface area contributed by atoms with Crippen molar-refractivity contribution in [1.82, 2.24) is 20.9 Å². The van der Waals surface area contributed by atoms with Gasteiger partial charge in [0, 0.05) is 17.1 Å². The summed E-state index contributed by atoms with van der Waals surface area (Å²) in [5, 5.41) is 25.7. The summed E-state index contributed by atoms with van der Waals surface area (Å²) >= 11 is 0. The van der Waals surface area contributed by atoms with Crippen molar-refractivity contribution in [3.05, 3.63) is 36.0 Å². The number of fused-ring (bicyclic) bond motifs is 1. The number of H-pyrrole nitrogens is 1. The van der Waals surface area contributed by atoms with E-state index in [1.807, 2.05) is 24.3 Å². The summed E-state index contributed by atoms with van der Waals surface area (Å²) in [5.41, 5.74) is 12.5. The van der Waals surface area contributed by atoms with Gasteiger partial charge in [0.05, 0.1) is 18.9 Å². The van der Waals surface area contributed by atoms with Crippen molar-refractivity contribution in [3.63, 3.8) is 0 Å². The molecule has 0 saturated carbocycles. The second-order valence-corrected chi connectivity index (χ2v) is 8.13. The van der Waals surface area contributed by atoms with Crippen molar-refractivity contribution in [1.29, 1.82) is 0 Å². The number of aliphatic carboxylic acids is 2. The number of carbonyl (C=O) groups excluding carboxylic acids is 4. The van der Waals surface area contributed by atoms with E-state index in [9.17, 15) is 28.8 Å². The molecule has 2 rings (SSSR count). The minimum atomic E-state index is -1.62. The number of nitrogens with one attached hydrogen (secondary N) is 4. The highest BCUT2D eigenvalue weighted by atomic mass is 16.4. The van der Waals surface area contributed by atoms with E-state index in [4.69, 9.17) is 21.7 Å². The predicted molar refractivity (Wildman–Crippen MR) is 125 cm³/mol. The average molecular weight is 505 g/mol. The molecule has 4 amide bonds. The van der Waals surface area contributed by atoms with Gasteiger partial charge in [-0.2, -0.15) is 0 Å². The molecule has 0 aliphatic carbocycles. The third kappa shape index (κ3) is 7.80. The third-order valence-corrected chi connectivity index (χ3v) is 5.24. The normalized spacial score (nSPS) is 14.2. The largest absolute Gasteiger partial charge is 0.481 e. The minimum absolute atomic E-state index is 0.104. The molecule has 14 heteroatoms. The van der Waals surface area contributed by atoms with Crippen LogP contribution in [0.15, 0.2) is 30.5 Å². The summed E-state index contributed by atoms with van der Waals surface area (Å²) in [7, 11) is 0. The fourth-order valence-electron chi connectivity index (χ4n) is 3.37. The molecule has 4 unspecified atom stereocenters. The Morgan fingerprint density at radius 3 is 2.17 bits per heavy atom. The molecule has 1 aromatic carbocycles. The summed E-state index contributed by atoms with van der Waals surface area (Å²) in [6.07, 6.45) is 0.327. The van der Waals surface area contributed by atoms with Crippen LogP contribution in [0.3, 0.4) is 0 Å². The number of carboxylic acids is 2. The number of benzene rings is 1. The summed E-state index contributed by atoms with van der Waals surface area (Å²) in [4.78, 5) is 74.0. The van der Waals surface area contributed by atoms with Gasteiger partial charge in [-0.25, -0.2) is 4.79 Å². The smallest absolute Gasteiger partial charge is 0.326 e. The van der Waals surface area contributed by atoms with Crippen molar-refractivity contribution >= 4 is 46.5 Å². The van der Waals surface area contributed by atoms with E-state index >= 15 is 0 Å². The number of hydrogen-bond acceptors (Lipinski definition) is 7. The zero-order valence-corrected chi connectivity index (χ0v) is 19.3. The van der Waals surface area contributed by atoms with Crippen molar-refractivity contribution in [2.75, 3.05) is 0 Å². The lowest BCUT2D eigenvalue weighted by molar-refractivity contribution is -0.144. The van der Waals surface area contributed by atoms with Gasteiger partial charge in [0.15, 0.2) is 0 Å². The molecule has 0 bridgehead atoms. The Morgan fingerprint density at radius 2 is 1.56 bits per heavy atom. The van der Waals surface area contributed by atoms with Gasteiger partial charge in [-0.1, -0.05) is 18.2 Å². The Hall–Kier alpha value is -4.46. The van der Waals surface area contributed by atoms with E-state index in [0.717, 1.165) is 16.5 Å². The maximum Gasteiger partial charge on any atom is 0.326 e. The second kappa shape index (κ2) is 12.3. The number of nitrogens with two attached hydrogens (primary N) is 2. The highest BCUT2D eigenvalue weighted by molar-refractivity contribution is 5.96. The molecule has 194 valence electrons. The Balaban J connectivity index is 2.03. The molecule has 10 N–H and O–H groups in total. The molecule has 0 aliphatic heterocycles. The third-order valence-electron chi connectivity index (χ3n) is 5.24. The lowest BCUT2D eigenvalue weighted by Gasteiger charge is -2.22. The Bertz CT molecular complexity index is 1160. The van der Waals surface area contributed by atoms with Gasteiger partial charge in [-0.05, 0) is 25.0 Å². The van der Waals surface area contributed by atoms with Crippen molar-refractivity contribution in [3.8, 4) is 0 Å². The van der Waals surface area contributed by atoms with Gasteiger partial charge < -0.3 is 42.6 Å². The summed E-state index contributed by atoms with van der Waals surface area (Å²) in [6.45, 7) is 1.21. The van der Waals surface area contributed by atoms with E-state index < -0.39 is 72.6 Å². The molecule has 0 saturated heterocycles. The quantitative estimate of drug-likeness (QED) is 0.149. The first-order valence-corrected chi connectivity index (χ1v) is 10.8. The Labute approximate surface area is 204 Å². The Morgan fingerprint density at radius 1 is 0.917 bits per heavy atom. The highest BCUT2D eigenvalue weighted by Gasteiger charge is 2.30. The number of carboxylic acid groups (broad SMARTS) is 2. The molecule has 0 spiro atoms. The zero-order valence-electron chi connectivity index (χ0n) is 19.3. The van der Waals surface area contributed by atoms with Crippen LogP contribution in [0.2, 0.25) is 0 Å². The molecular weight excluding hydrogens is 476 g/mol. The van der Waals surface area contributed by atoms with E-state index in [0.29, 0.717) is 0 Å². The van der Waals surface area contributed by atoms with Gasteiger partial charge in [0.1, 0.15) is 18.1 Å². The van der Waals surface area contributed by atoms with Gasteiger partial charge in [-0.3, -0.25) is 24.0 Å². The van der Waals surface area contributed by atoms with Crippen LogP contribution in [0.4, 0.5) is 0 Å². The SMILES string of the molecule is CC(NC(=O)C(CC(=O)O)NC(=O)C(N)Cc1c[nH]c2ccccc12)C(=O)NC(CC(N)=O)C(=O)O.